The molecule has 2 aromatic heterocycles. The summed E-state index contributed by atoms with van der Waals surface area (Å²) in [5, 5.41) is 11.7. The number of para-hydroxylation sites is 1. The lowest BCUT2D eigenvalue weighted by Gasteiger charge is -2.23. The van der Waals surface area contributed by atoms with Crippen LogP contribution in [0.3, 0.4) is 0 Å². The Labute approximate surface area is 189 Å². The van der Waals surface area contributed by atoms with Crippen LogP contribution in [0.4, 0.5) is 11.8 Å². The minimum absolute atomic E-state index is 0.0440. The molecule has 1 aromatic carbocycles. The number of rotatable bonds is 9. The molecule has 2 heterocycles. The van der Waals surface area contributed by atoms with Crippen molar-refractivity contribution in [2.75, 3.05) is 18.1 Å². The molecular formula is C20H24N7O5P. The third-order valence-corrected chi connectivity index (χ3v) is 6.77. The van der Waals surface area contributed by atoms with Gasteiger partial charge in [0.2, 0.25) is 5.95 Å². The highest BCUT2D eigenvalue weighted by Crippen LogP contribution is 2.46. The number of aliphatic carboxylic acids is 1. The molecule has 4 atom stereocenters. The number of imidazole rings is 1. The molecule has 13 heteroatoms. The number of nitrogens with zero attached hydrogens (tertiary/aromatic N) is 4. The van der Waals surface area contributed by atoms with E-state index in [1.54, 1.807) is 36.7 Å². The Morgan fingerprint density at radius 3 is 2.79 bits per heavy atom. The smallest absolute Gasteiger partial charge is 0.459 e. The highest BCUT2D eigenvalue weighted by Gasteiger charge is 2.33. The lowest BCUT2D eigenvalue weighted by molar-refractivity contribution is -0.138. The van der Waals surface area contributed by atoms with Gasteiger partial charge in [-0.3, -0.25) is 9.32 Å². The molecule has 0 aliphatic heterocycles. The summed E-state index contributed by atoms with van der Waals surface area (Å²) in [6.45, 7) is 1.41. The van der Waals surface area contributed by atoms with Gasteiger partial charge in [-0.15, -0.1) is 0 Å². The van der Waals surface area contributed by atoms with E-state index in [9.17, 15) is 14.5 Å². The molecule has 174 valence electrons. The number of nitrogens with one attached hydrogen (secondary N) is 1. The first-order valence-electron chi connectivity index (χ1n) is 10.2. The Bertz CT molecular complexity index is 1230. The number of carboxylic acid groups (broad SMARTS) is 1. The summed E-state index contributed by atoms with van der Waals surface area (Å²) in [6.07, 6.45) is 6.11. The quantitative estimate of drug-likeness (QED) is 0.264. The van der Waals surface area contributed by atoms with Crippen molar-refractivity contribution in [3.8, 4) is 5.75 Å². The second-order valence-corrected chi connectivity index (χ2v) is 9.32. The predicted molar refractivity (Wildman–Crippen MR) is 121 cm³/mol. The third kappa shape index (κ3) is 5.14. The lowest BCUT2D eigenvalue weighted by atomic mass is 10.1. The zero-order valence-electron chi connectivity index (χ0n) is 17.7. The van der Waals surface area contributed by atoms with Crippen LogP contribution in [0.5, 0.6) is 5.75 Å². The number of allylic oxidation sites excluding steroid dienone is 1. The fourth-order valence-electron chi connectivity index (χ4n) is 3.48. The number of hydrogen-bond donors (Lipinski definition) is 4. The van der Waals surface area contributed by atoms with E-state index in [-0.39, 0.29) is 30.3 Å². The summed E-state index contributed by atoms with van der Waals surface area (Å²) in [7, 11) is -3.97. The molecule has 1 aliphatic carbocycles. The van der Waals surface area contributed by atoms with Crippen LogP contribution >= 0.6 is 7.75 Å². The van der Waals surface area contributed by atoms with Crippen LogP contribution in [-0.2, 0) is 13.9 Å². The van der Waals surface area contributed by atoms with Crippen molar-refractivity contribution < 1.29 is 23.5 Å². The number of fused-ring (bicyclic) bond motifs is 1. The molecule has 1 unspecified atom stereocenters. The topological polar surface area (TPSA) is 180 Å². The maximum absolute atomic E-state index is 13.3. The SMILES string of the molecule is CC(N[P@](=O)(OC[C@@H]1C=C[C@H](n2cnc3c(N)nc(N)nc32)C1)Oc1ccccc1)C(=O)O. The second-order valence-electron chi connectivity index (χ2n) is 7.63. The Morgan fingerprint density at radius 2 is 2.06 bits per heavy atom. The molecule has 33 heavy (non-hydrogen) atoms. The summed E-state index contributed by atoms with van der Waals surface area (Å²) < 4.78 is 26.3. The van der Waals surface area contributed by atoms with Gasteiger partial charge >= 0.3 is 13.7 Å². The van der Waals surface area contributed by atoms with E-state index in [0.717, 1.165) is 0 Å². The summed E-state index contributed by atoms with van der Waals surface area (Å²) in [4.78, 5) is 23.7. The van der Waals surface area contributed by atoms with Gasteiger partial charge in [-0.05, 0) is 25.5 Å². The zero-order chi connectivity index (χ0) is 23.6. The molecular weight excluding hydrogens is 449 g/mol. The van der Waals surface area contributed by atoms with Crippen LogP contribution in [0.15, 0.2) is 48.8 Å². The first-order valence-corrected chi connectivity index (χ1v) is 11.7. The Kier molecular flexibility index (Phi) is 6.32. The minimum atomic E-state index is -3.97. The van der Waals surface area contributed by atoms with E-state index in [0.29, 0.717) is 23.3 Å². The Morgan fingerprint density at radius 1 is 1.30 bits per heavy atom. The summed E-state index contributed by atoms with van der Waals surface area (Å²) in [5.41, 5.74) is 12.6. The maximum atomic E-state index is 13.3. The number of hydrogen-bond acceptors (Lipinski definition) is 9. The molecule has 0 saturated heterocycles. The van der Waals surface area contributed by atoms with E-state index < -0.39 is 19.8 Å². The van der Waals surface area contributed by atoms with Crippen LogP contribution in [0, 0.1) is 5.92 Å². The first-order chi connectivity index (χ1) is 15.7. The molecule has 4 rings (SSSR count). The van der Waals surface area contributed by atoms with Crippen molar-refractivity contribution in [1.82, 2.24) is 24.6 Å². The Hall–Kier alpha value is -3.47. The van der Waals surface area contributed by atoms with Crippen LogP contribution in [0.1, 0.15) is 19.4 Å². The van der Waals surface area contributed by atoms with Crippen molar-refractivity contribution in [3.63, 3.8) is 0 Å². The third-order valence-electron chi connectivity index (χ3n) is 5.12. The van der Waals surface area contributed by atoms with Gasteiger partial charge in [-0.1, -0.05) is 30.4 Å². The fourth-order valence-corrected chi connectivity index (χ4v) is 5.03. The van der Waals surface area contributed by atoms with Gasteiger partial charge in [0.05, 0.1) is 19.0 Å². The average molecular weight is 473 g/mol. The fraction of sp³-hybridized carbons (Fsp3) is 0.300. The summed E-state index contributed by atoms with van der Waals surface area (Å²) >= 11 is 0. The number of carbonyl (C=O) groups is 1. The maximum Gasteiger partial charge on any atom is 0.459 e. The number of anilines is 2. The summed E-state index contributed by atoms with van der Waals surface area (Å²) in [5.74, 6) is -0.732. The molecule has 0 fully saturated rings. The second kappa shape index (κ2) is 9.18. The number of benzene rings is 1. The largest absolute Gasteiger partial charge is 0.480 e. The van der Waals surface area contributed by atoms with Crippen molar-refractivity contribution in [2.45, 2.75) is 25.4 Å². The van der Waals surface area contributed by atoms with Gasteiger partial charge in [-0.25, -0.2) is 9.55 Å². The van der Waals surface area contributed by atoms with Gasteiger partial charge in [0, 0.05) is 5.92 Å². The Balaban J connectivity index is 1.45. The highest BCUT2D eigenvalue weighted by atomic mass is 31.2. The van der Waals surface area contributed by atoms with Gasteiger partial charge in [0.15, 0.2) is 11.5 Å². The van der Waals surface area contributed by atoms with Crippen LogP contribution in [0.25, 0.3) is 11.2 Å². The first kappa shape index (κ1) is 22.7. The van der Waals surface area contributed by atoms with E-state index >= 15 is 0 Å². The number of aromatic nitrogens is 4. The zero-order valence-corrected chi connectivity index (χ0v) is 18.6. The van der Waals surface area contributed by atoms with Crippen LogP contribution < -0.4 is 21.1 Å². The van der Waals surface area contributed by atoms with E-state index in [1.807, 2.05) is 16.7 Å². The van der Waals surface area contributed by atoms with Crippen LogP contribution in [0.2, 0.25) is 0 Å². The molecule has 0 saturated carbocycles. The normalized spacial score (nSPS) is 20.5. The molecule has 0 amide bonds. The molecule has 6 N–H and O–H groups in total. The van der Waals surface area contributed by atoms with E-state index in [1.165, 1.54) is 6.92 Å². The molecule has 0 bridgehead atoms. The predicted octanol–water partition coefficient (Wildman–Crippen LogP) is 2.37. The number of nitrogen functional groups attached to an aromatic ring is 2. The molecule has 0 spiro atoms. The standard InChI is InChI=1S/C20H24N7O5P/c1-12(19(28)29)26-33(30,32-15-5-3-2-4-6-15)31-10-13-7-8-14(9-13)27-11-23-16-17(21)24-20(22)25-18(16)27/h2-8,11-14H,9-10H2,1H3,(H,26,30)(H,28,29)(H4,21,22,24,25)/t12?,13-,14+,33+/m1/s1. The van der Waals surface area contributed by atoms with E-state index in [4.69, 9.17) is 20.5 Å². The van der Waals surface area contributed by atoms with Gasteiger partial charge in [0.25, 0.3) is 0 Å². The van der Waals surface area contributed by atoms with Gasteiger partial charge < -0.3 is 25.7 Å². The van der Waals surface area contributed by atoms with Gasteiger partial charge in [-0.2, -0.15) is 15.1 Å². The van der Waals surface area contributed by atoms with Crippen molar-refractivity contribution in [3.05, 3.63) is 48.8 Å². The molecule has 1 aliphatic rings. The molecule has 12 nitrogen and oxygen atoms in total. The number of carboxylic acids is 1. The van der Waals surface area contributed by atoms with Crippen molar-refractivity contribution >= 4 is 36.6 Å². The van der Waals surface area contributed by atoms with Crippen LogP contribution in [-0.4, -0.2) is 43.2 Å². The monoisotopic (exact) mass is 473 g/mol. The highest BCUT2D eigenvalue weighted by molar-refractivity contribution is 7.52. The van der Waals surface area contributed by atoms with E-state index in [2.05, 4.69) is 20.0 Å². The lowest BCUT2D eigenvalue weighted by Crippen LogP contribution is -2.33. The molecule has 0 radical (unpaired) electrons. The summed E-state index contributed by atoms with van der Waals surface area (Å²) in [6, 6.07) is 7.18. The van der Waals surface area contributed by atoms with Gasteiger partial charge in [0.1, 0.15) is 17.3 Å². The van der Waals surface area contributed by atoms with Crippen molar-refractivity contribution in [2.24, 2.45) is 5.92 Å². The minimum Gasteiger partial charge on any atom is -0.480 e. The van der Waals surface area contributed by atoms with Crippen molar-refractivity contribution in [1.29, 1.82) is 0 Å². The molecule has 3 aromatic rings. The number of nitrogens with two attached hydrogens (primary N) is 2. The average Bonchev–Trinajstić information content (AvgIpc) is 3.40.